The van der Waals surface area contributed by atoms with E-state index in [2.05, 4.69) is 4.99 Å². The number of methoxy groups -OCH3 is 2. The fourth-order valence-corrected chi connectivity index (χ4v) is 2.44. The van der Waals surface area contributed by atoms with Crippen molar-refractivity contribution in [3.8, 4) is 11.5 Å². The summed E-state index contributed by atoms with van der Waals surface area (Å²) < 4.78 is 15.7. The summed E-state index contributed by atoms with van der Waals surface area (Å²) in [4.78, 5) is 16.3. The second-order valence-corrected chi connectivity index (χ2v) is 5.39. The molecule has 1 aliphatic heterocycles. The molecule has 0 unspecified atom stereocenters. The number of carbonyl (C=O) groups is 1. The first-order valence-electron chi connectivity index (χ1n) is 7.11. The summed E-state index contributed by atoms with van der Waals surface area (Å²) in [6, 6.07) is 12.2. The lowest BCUT2D eigenvalue weighted by molar-refractivity contribution is -0.129. The van der Waals surface area contributed by atoms with Crippen molar-refractivity contribution in [1.82, 2.24) is 0 Å². The van der Waals surface area contributed by atoms with E-state index < -0.39 is 5.97 Å². The Kier molecular flexibility index (Phi) is 4.53. The van der Waals surface area contributed by atoms with Crippen LogP contribution in [0.25, 0.3) is 6.08 Å². The molecule has 0 amide bonds. The average molecular weight is 344 g/mol. The predicted octanol–water partition coefficient (Wildman–Crippen LogP) is 3.70. The molecule has 122 valence electrons. The molecule has 2 aromatic carbocycles. The van der Waals surface area contributed by atoms with E-state index in [1.54, 1.807) is 62.8 Å². The van der Waals surface area contributed by atoms with E-state index in [0.29, 0.717) is 27.6 Å². The molecule has 0 saturated heterocycles. The van der Waals surface area contributed by atoms with Gasteiger partial charge in [-0.2, -0.15) is 0 Å². The minimum atomic E-state index is -0.533. The summed E-state index contributed by atoms with van der Waals surface area (Å²) in [5, 5.41) is 0.540. The third-order valence-corrected chi connectivity index (χ3v) is 3.66. The second-order valence-electron chi connectivity index (χ2n) is 4.95. The number of nitrogens with zero attached hydrogens (tertiary/aromatic N) is 1. The first kappa shape index (κ1) is 16.1. The maximum absolute atomic E-state index is 12.1. The van der Waals surface area contributed by atoms with Gasteiger partial charge in [0.05, 0.1) is 14.2 Å². The fraction of sp³-hybridized carbons (Fsp3) is 0.111. The zero-order chi connectivity index (χ0) is 17.1. The van der Waals surface area contributed by atoms with E-state index in [-0.39, 0.29) is 11.6 Å². The highest BCUT2D eigenvalue weighted by molar-refractivity contribution is 6.31. The van der Waals surface area contributed by atoms with Crippen LogP contribution in [-0.2, 0) is 9.53 Å². The number of hydrogen-bond acceptors (Lipinski definition) is 5. The van der Waals surface area contributed by atoms with Gasteiger partial charge in [0.2, 0.25) is 5.90 Å². The second kappa shape index (κ2) is 6.76. The van der Waals surface area contributed by atoms with Crippen LogP contribution in [0.3, 0.4) is 0 Å². The Morgan fingerprint density at radius 2 is 1.96 bits per heavy atom. The Labute approximate surface area is 144 Å². The summed E-state index contributed by atoms with van der Waals surface area (Å²) in [7, 11) is 3.12. The van der Waals surface area contributed by atoms with E-state index in [4.69, 9.17) is 25.8 Å². The zero-order valence-electron chi connectivity index (χ0n) is 13.1. The monoisotopic (exact) mass is 343 g/mol. The summed E-state index contributed by atoms with van der Waals surface area (Å²) in [6.07, 6.45) is 1.60. The fourth-order valence-electron chi connectivity index (χ4n) is 2.25. The van der Waals surface area contributed by atoms with Gasteiger partial charge in [-0.25, -0.2) is 9.79 Å². The van der Waals surface area contributed by atoms with E-state index in [0.717, 1.165) is 0 Å². The number of halogens is 1. The number of aliphatic imine (C=N–C) groups is 1. The Balaban J connectivity index is 2.00. The molecule has 0 N–H and O–H groups in total. The van der Waals surface area contributed by atoms with Crippen LogP contribution >= 0.6 is 11.6 Å². The van der Waals surface area contributed by atoms with E-state index in [1.165, 1.54) is 0 Å². The summed E-state index contributed by atoms with van der Waals surface area (Å²) in [6.45, 7) is 0. The number of benzene rings is 2. The van der Waals surface area contributed by atoms with Gasteiger partial charge in [-0.3, -0.25) is 0 Å². The van der Waals surface area contributed by atoms with Gasteiger partial charge in [-0.05, 0) is 42.5 Å². The third kappa shape index (κ3) is 3.26. The topological polar surface area (TPSA) is 57.1 Å². The maximum atomic E-state index is 12.1. The van der Waals surface area contributed by atoms with Crippen LogP contribution in [0.1, 0.15) is 11.1 Å². The number of ether oxygens (including phenoxy) is 3. The zero-order valence-corrected chi connectivity index (χ0v) is 13.8. The van der Waals surface area contributed by atoms with Gasteiger partial charge in [0.25, 0.3) is 0 Å². The van der Waals surface area contributed by atoms with Crippen molar-refractivity contribution in [3.63, 3.8) is 0 Å². The van der Waals surface area contributed by atoms with Gasteiger partial charge in [-0.15, -0.1) is 0 Å². The number of carbonyl (C=O) groups excluding carboxylic acids is 1. The Morgan fingerprint density at radius 1 is 1.12 bits per heavy atom. The van der Waals surface area contributed by atoms with E-state index in [1.807, 2.05) is 0 Å². The third-order valence-electron chi connectivity index (χ3n) is 3.42. The molecule has 6 heteroatoms. The normalized spacial score (nSPS) is 15.2. The van der Waals surface area contributed by atoms with Crippen molar-refractivity contribution in [2.75, 3.05) is 14.2 Å². The molecule has 3 rings (SSSR count). The highest BCUT2D eigenvalue weighted by Gasteiger charge is 2.24. The first-order valence-corrected chi connectivity index (χ1v) is 7.49. The van der Waals surface area contributed by atoms with Crippen LogP contribution in [0.5, 0.6) is 11.5 Å². The van der Waals surface area contributed by atoms with E-state index in [9.17, 15) is 4.79 Å². The molecule has 1 aliphatic rings. The van der Waals surface area contributed by atoms with Crippen molar-refractivity contribution >= 4 is 29.5 Å². The molecule has 2 aromatic rings. The quantitative estimate of drug-likeness (QED) is 0.627. The molecule has 5 nitrogen and oxygen atoms in total. The van der Waals surface area contributed by atoms with Crippen LogP contribution in [0, 0.1) is 0 Å². The molecule has 0 spiro atoms. The smallest absolute Gasteiger partial charge is 0.363 e. The molecule has 1 heterocycles. The first-order chi connectivity index (χ1) is 11.6. The van der Waals surface area contributed by atoms with E-state index >= 15 is 0 Å². The Bertz CT molecular complexity index is 858. The minimum absolute atomic E-state index is 0.177. The van der Waals surface area contributed by atoms with Gasteiger partial charge in [0.15, 0.2) is 5.70 Å². The molecular weight excluding hydrogens is 330 g/mol. The van der Waals surface area contributed by atoms with Crippen LogP contribution in [-0.4, -0.2) is 26.1 Å². The lowest BCUT2D eigenvalue weighted by Gasteiger charge is -2.07. The summed E-state index contributed by atoms with van der Waals surface area (Å²) >= 11 is 5.96. The number of hydrogen-bond donors (Lipinski definition) is 0. The molecule has 0 atom stereocenters. The highest BCUT2D eigenvalue weighted by Crippen LogP contribution is 2.28. The van der Waals surface area contributed by atoms with Crippen molar-refractivity contribution < 1.29 is 19.0 Å². The van der Waals surface area contributed by atoms with Crippen LogP contribution in [0.4, 0.5) is 0 Å². The summed E-state index contributed by atoms with van der Waals surface area (Å²) in [5.74, 6) is 0.932. The number of rotatable bonds is 4. The van der Waals surface area contributed by atoms with Gasteiger partial charge < -0.3 is 14.2 Å². The Morgan fingerprint density at radius 3 is 2.67 bits per heavy atom. The number of esters is 1. The van der Waals surface area contributed by atoms with Gasteiger partial charge in [0, 0.05) is 16.1 Å². The molecule has 0 aromatic heterocycles. The largest absolute Gasteiger partial charge is 0.497 e. The van der Waals surface area contributed by atoms with Crippen LogP contribution in [0.15, 0.2) is 53.2 Å². The molecule has 0 radical (unpaired) electrons. The maximum Gasteiger partial charge on any atom is 0.363 e. The van der Waals surface area contributed by atoms with Crippen molar-refractivity contribution in [2.24, 2.45) is 4.99 Å². The average Bonchev–Trinajstić information content (AvgIpc) is 2.95. The molecule has 24 heavy (non-hydrogen) atoms. The van der Waals surface area contributed by atoms with Gasteiger partial charge >= 0.3 is 5.97 Å². The highest BCUT2D eigenvalue weighted by atomic mass is 35.5. The molecular formula is C18H14ClNO4. The molecule has 0 fully saturated rings. The molecule has 0 bridgehead atoms. The van der Waals surface area contributed by atoms with Crippen molar-refractivity contribution in [1.29, 1.82) is 0 Å². The van der Waals surface area contributed by atoms with Crippen molar-refractivity contribution in [3.05, 3.63) is 64.3 Å². The number of cyclic esters (lactones) is 1. The lowest BCUT2D eigenvalue weighted by atomic mass is 10.1. The lowest BCUT2D eigenvalue weighted by Crippen LogP contribution is -2.05. The van der Waals surface area contributed by atoms with Crippen LogP contribution < -0.4 is 9.47 Å². The molecule has 0 aliphatic carbocycles. The van der Waals surface area contributed by atoms with Crippen molar-refractivity contribution in [2.45, 2.75) is 0 Å². The SMILES string of the molecule is COc1ccc(OC)c(/C=C2\N=C(c3cccc(Cl)c3)OC2=O)c1. The Hall–Kier alpha value is -2.79. The predicted molar refractivity (Wildman–Crippen MR) is 91.6 cm³/mol. The standard InChI is InChI=1S/C18H14ClNO4/c1-22-14-6-7-16(23-2)12(9-14)10-15-18(21)24-17(20-15)11-4-3-5-13(19)8-11/h3-10H,1-2H3/b15-10-. The summed E-state index contributed by atoms with van der Waals surface area (Å²) in [5.41, 5.74) is 1.48. The molecule has 0 saturated carbocycles. The minimum Gasteiger partial charge on any atom is -0.497 e. The van der Waals surface area contributed by atoms with Crippen LogP contribution in [0.2, 0.25) is 5.02 Å². The van der Waals surface area contributed by atoms with Gasteiger partial charge in [0.1, 0.15) is 11.5 Å². The van der Waals surface area contributed by atoms with Gasteiger partial charge in [-0.1, -0.05) is 17.7 Å².